The molecule has 0 amide bonds. The molecule has 2 aliphatic heterocycles. The standard InChI is InChI=1S/C36H70O2S/c1-31(2)19-15-27-35(25-13-9-5-7-11-21-33-23-17-29-37-33)39-36(28-16-20-32(3)4)26-14-10-6-8-12-22-34-24-18-30-38-34/h31-36H,5-30H2,1-4H3. The predicted molar refractivity (Wildman–Crippen MR) is 175 cm³/mol. The summed E-state index contributed by atoms with van der Waals surface area (Å²) in [7, 11) is 0. The topological polar surface area (TPSA) is 18.5 Å². The van der Waals surface area contributed by atoms with E-state index in [1.807, 2.05) is 0 Å². The first kappa shape index (κ1) is 35.5. The molecule has 2 saturated heterocycles. The van der Waals surface area contributed by atoms with Crippen molar-refractivity contribution in [3.63, 3.8) is 0 Å². The molecule has 2 nitrogen and oxygen atoms in total. The lowest BCUT2D eigenvalue weighted by Gasteiger charge is -2.24. The molecule has 2 fully saturated rings. The van der Waals surface area contributed by atoms with Gasteiger partial charge in [0.25, 0.3) is 0 Å². The van der Waals surface area contributed by atoms with E-state index in [1.165, 1.54) is 154 Å². The number of ether oxygens (including phenoxy) is 2. The van der Waals surface area contributed by atoms with Crippen molar-refractivity contribution < 1.29 is 9.47 Å². The molecule has 2 aliphatic rings. The van der Waals surface area contributed by atoms with E-state index in [0.717, 1.165) is 35.5 Å². The van der Waals surface area contributed by atoms with Gasteiger partial charge in [-0.05, 0) is 76.0 Å². The molecule has 0 aromatic heterocycles. The Labute approximate surface area is 250 Å². The van der Waals surface area contributed by atoms with Crippen LogP contribution in [0.15, 0.2) is 0 Å². The first-order valence-corrected chi connectivity index (χ1v) is 18.9. The number of unbranched alkanes of at least 4 members (excludes halogenated alkanes) is 8. The van der Waals surface area contributed by atoms with E-state index in [4.69, 9.17) is 9.47 Å². The quantitative estimate of drug-likeness (QED) is 0.0970. The van der Waals surface area contributed by atoms with Gasteiger partial charge in [0.05, 0.1) is 12.2 Å². The number of hydrogen-bond acceptors (Lipinski definition) is 3. The molecule has 2 heterocycles. The van der Waals surface area contributed by atoms with Crippen molar-refractivity contribution in [3.05, 3.63) is 0 Å². The Morgan fingerprint density at radius 3 is 1.26 bits per heavy atom. The Morgan fingerprint density at radius 2 is 0.872 bits per heavy atom. The van der Waals surface area contributed by atoms with Crippen LogP contribution in [0, 0.1) is 11.8 Å². The second-order valence-electron chi connectivity index (χ2n) is 14.0. The van der Waals surface area contributed by atoms with Crippen molar-refractivity contribution in [2.24, 2.45) is 11.8 Å². The van der Waals surface area contributed by atoms with Crippen LogP contribution in [-0.2, 0) is 9.47 Å². The van der Waals surface area contributed by atoms with Gasteiger partial charge in [0, 0.05) is 23.7 Å². The molecule has 3 heteroatoms. The summed E-state index contributed by atoms with van der Waals surface area (Å²) in [6, 6.07) is 0. The van der Waals surface area contributed by atoms with Crippen LogP contribution in [-0.4, -0.2) is 35.9 Å². The van der Waals surface area contributed by atoms with Gasteiger partial charge in [-0.25, -0.2) is 0 Å². The van der Waals surface area contributed by atoms with E-state index in [0.29, 0.717) is 12.2 Å². The largest absolute Gasteiger partial charge is 0.378 e. The Balaban J connectivity index is 1.67. The molecule has 4 unspecified atom stereocenters. The fraction of sp³-hybridized carbons (Fsp3) is 1.00. The van der Waals surface area contributed by atoms with Gasteiger partial charge in [-0.2, -0.15) is 11.8 Å². The van der Waals surface area contributed by atoms with Crippen LogP contribution in [0.2, 0.25) is 0 Å². The van der Waals surface area contributed by atoms with Gasteiger partial charge >= 0.3 is 0 Å². The summed E-state index contributed by atoms with van der Waals surface area (Å²) in [5.41, 5.74) is 0. The average molecular weight is 567 g/mol. The zero-order chi connectivity index (χ0) is 28.0. The minimum absolute atomic E-state index is 0.589. The molecule has 39 heavy (non-hydrogen) atoms. The summed E-state index contributed by atoms with van der Waals surface area (Å²) in [6.07, 6.45) is 34.7. The third-order valence-corrected chi connectivity index (χ3v) is 10.9. The highest BCUT2D eigenvalue weighted by Gasteiger charge is 2.18. The van der Waals surface area contributed by atoms with Crippen molar-refractivity contribution in [3.8, 4) is 0 Å². The summed E-state index contributed by atoms with van der Waals surface area (Å²) >= 11 is 2.43. The van der Waals surface area contributed by atoms with E-state index >= 15 is 0 Å². The molecule has 0 aliphatic carbocycles. The van der Waals surface area contributed by atoms with E-state index in [2.05, 4.69) is 39.5 Å². The normalized spacial score (nSPS) is 21.4. The number of thioether (sulfide) groups is 1. The van der Waals surface area contributed by atoms with E-state index in [1.54, 1.807) is 0 Å². The molecule has 0 aromatic rings. The second-order valence-corrected chi connectivity index (χ2v) is 15.6. The van der Waals surface area contributed by atoms with Gasteiger partial charge in [-0.3, -0.25) is 0 Å². The lowest BCUT2D eigenvalue weighted by atomic mass is 10.0. The summed E-state index contributed by atoms with van der Waals surface area (Å²) in [5.74, 6) is 1.70. The van der Waals surface area contributed by atoms with Crippen molar-refractivity contribution >= 4 is 11.8 Å². The fourth-order valence-electron chi connectivity index (χ4n) is 6.63. The molecule has 0 saturated carbocycles. The maximum atomic E-state index is 5.81. The van der Waals surface area contributed by atoms with Gasteiger partial charge in [-0.15, -0.1) is 0 Å². The van der Waals surface area contributed by atoms with Gasteiger partial charge in [0.1, 0.15) is 0 Å². The highest BCUT2D eigenvalue weighted by Crippen LogP contribution is 2.34. The average Bonchev–Trinajstić information content (AvgIpc) is 3.61. The highest BCUT2D eigenvalue weighted by atomic mass is 32.2. The van der Waals surface area contributed by atoms with Crippen molar-refractivity contribution in [2.45, 2.75) is 205 Å². The van der Waals surface area contributed by atoms with E-state index in [-0.39, 0.29) is 0 Å². The van der Waals surface area contributed by atoms with Crippen LogP contribution in [0.1, 0.15) is 182 Å². The summed E-state index contributed by atoms with van der Waals surface area (Å²) in [5, 5.41) is 1.79. The molecule has 232 valence electrons. The first-order chi connectivity index (χ1) is 19.0. The third-order valence-electron chi connectivity index (χ3n) is 9.15. The lowest BCUT2D eigenvalue weighted by molar-refractivity contribution is 0.102. The van der Waals surface area contributed by atoms with Crippen LogP contribution in [0.4, 0.5) is 0 Å². The molecule has 2 rings (SSSR count). The smallest absolute Gasteiger partial charge is 0.0576 e. The summed E-state index contributed by atoms with van der Waals surface area (Å²) in [4.78, 5) is 0. The number of rotatable bonds is 26. The second kappa shape index (κ2) is 23.8. The maximum absolute atomic E-state index is 5.81. The molecule has 0 N–H and O–H groups in total. The first-order valence-electron chi connectivity index (χ1n) is 17.9. The Hall–Kier alpha value is 0.270. The van der Waals surface area contributed by atoms with Gasteiger partial charge in [-0.1, -0.05) is 118 Å². The Bertz CT molecular complexity index is 478. The van der Waals surface area contributed by atoms with Crippen LogP contribution in [0.5, 0.6) is 0 Å². The van der Waals surface area contributed by atoms with Gasteiger partial charge in [0.2, 0.25) is 0 Å². The fourth-order valence-corrected chi connectivity index (χ4v) is 8.39. The van der Waals surface area contributed by atoms with E-state index < -0.39 is 0 Å². The van der Waals surface area contributed by atoms with Gasteiger partial charge in [0.15, 0.2) is 0 Å². The summed E-state index contributed by atoms with van der Waals surface area (Å²) < 4.78 is 11.6. The monoisotopic (exact) mass is 567 g/mol. The van der Waals surface area contributed by atoms with Crippen LogP contribution >= 0.6 is 11.8 Å². The van der Waals surface area contributed by atoms with Crippen molar-refractivity contribution in [1.82, 2.24) is 0 Å². The van der Waals surface area contributed by atoms with E-state index in [9.17, 15) is 0 Å². The summed E-state index contributed by atoms with van der Waals surface area (Å²) in [6.45, 7) is 11.6. The molecule has 0 radical (unpaired) electrons. The molecule has 0 bridgehead atoms. The molecule has 4 atom stereocenters. The van der Waals surface area contributed by atoms with Crippen molar-refractivity contribution in [1.29, 1.82) is 0 Å². The number of hydrogen-bond donors (Lipinski definition) is 0. The van der Waals surface area contributed by atoms with Crippen LogP contribution in [0.25, 0.3) is 0 Å². The zero-order valence-electron chi connectivity index (χ0n) is 27.1. The highest BCUT2D eigenvalue weighted by molar-refractivity contribution is 8.00. The maximum Gasteiger partial charge on any atom is 0.0576 e. The molecule has 0 spiro atoms. The minimum Gasteiger partial charge on any atom is -0.378 e. The predicted octanol–water partition coefficient (Wildman–Crippen LogP) is 11.9. The Kier molecular flexibility index (Phi) is 21.6. The molecular formula is C36H70O2S. The van der Waals surface area contributed by atoms with Crippen LogP contribution in [0.3, 0.4) is 0 Å². The van der Waals surface area contributed by atoms with Gasteiger partial charge < -0.3 is 9.47 Å². The van der Waals surface area contributed by atoms with Crippen molar-refractivity contribution in [2.75, 3.05) is 13.2 Å². The molecule has 0 aromatic carbocycles. The molecular weight excluding hydrogens is 496 g/mol. The SMILES string of the molecule is CC(C)CCCC(CCCCCCCC1CCCO1)SC(CCCCCCCC1CCCO1)CCCC(C)C. The Morgan fingerprint density at radius 1 is 0.487 bits per heavy atom. The zero-order valence-corrected chi connectivity index (χ0v) is 27.9. The minimum atomic E-state index is 0.589. The third kappa shape index (κ3) is 19.9. The lowest BCUT2D eigenvalue weighted by Crippen LogP contribution is -2.13. The van der Waals surface area contributed by atoms with Crippen LogP contribution < -0.4 is 0 Å².